The van der Waals surface area contributed by atoms with Gasteiger partial charge in [0.2, 0.25) is 0 Å². The van der Waals surface area contributed by atoms with Gasteiger partial charge in [0.05, 0.1) is 6.10 Å². The number of rotatable bonds is 3. The van der Waals surface area contributed by atoms with Crippen LogP contribution in [-0.4, -0.2) is 0 Å². The van der Waals surface area contributed by atoms with Gasteiger partial charge in [-0.05, 0) is 39.3 Å². The van der Waals surface area contributed by atoms with E-state index < -0.39 is 5.60 Å². The number of hydrogen-bond donors (Lipinski definition) is 0. The minimum atomic E-state index is -0.413. The smallest absolute Gasteiger partial charge is 0.122 e. The molecule has 1 aliphatic rings. The van der Waals surface area contributed by atoms with Crippen molar-refractivity contribution >= 4 is 10.8 Å². The molecule has 0 N–H and O–H groups in total. The third-order valence-electron chi connectivity index (χ3n) is 5.58. The van der Waals surface area contributed by atoms with Crippen molar-refractivity contribution in [1.29, 1.82) is 0 Å². The molecule has 0 bridgehead atoms. The summed E-state index contributed by atoms with van der Waals surface area (Å²) in [5.74, 6) is 0.746. The second-order valence-corrected chi connectivity index (χ2v) is 7.79. The van der Waals surface area contributed by atoms with Crippen molar-refractivity contribution < 1.29 is 4.74 Å². The molecule has 0 aliphatic carbocycles. The van der Waals surface area contributed by atoms with Crippen molar-refractivity contribution in [2.24, 2.45) is 11.8 Å². The Morgan fingerprint density at radius 2 is 1.48 bits per heavy atom. The van der Waals surface area contributed by atoms with Crippen molar-refractivity contribution in [3.05, 3.63) is 83.4 Å². The normalized spacial score (nSPS) is 22.7. The SMILES string of the molecule is CC(C)[C@H]1O[C@](c2ccccc2)(C(C)C)c2cccc3cccc1c23. The van der Waals surface area contributed by atoms with Gasteiger partial charge in [-0.15, -0.1) is 0 Å². The third-order valence-corrected chi connectivity index (χ3v) is 5.58. The monoisotopic (exact) mass is 330 g/mol. The van der Waals surface area contributed by atoms with E-state index in [1.165, 1.54) is 27.5 Å². The second-order valence-electron chi connectivity index (χ2n) is 7.79. The maximum Gasteiger partial charge on any atom is 0.122 e. The summed E-state index contributed by atoms with van der Waals surface area (Å²) in [6.45, 7) is 9.06. The first-order valence-corrected chi connectivity index (χ1v) is 9.31. The topological polar surface area (TPSA) is 9.23 Å². The van der Waals surface area contributed by atoms with E-state index in [0.717, 1.165) is 0 Å². The lowest BCUT2D eigenvalue weighted by molar-refractivity contribution is -0.122. The Hall–Kier alpha value is -2.12. The largest absolute Gasteiger partial charge is 0.357 e. The van der Waals surface area contributed by atoms with E-state index in [4.69, 9.17) is 4.74 Å². The van der Waals surface area contributed by atoms with Crippen LogP contribution < -0.4 is 0 Å². The zero-order chi connectivity index (χ0) is 17.6. The molecule has 2 atom stereocenters. The Morgan fingerprint density at radius 1 is 0.800 bits per heavy atom. The van der Waals surface area contributed by atoms with Crippen LogP contribution in [0, 0.1) is 11.8 Å². The van der Waals surface area contributed by atoms with Crippen molar-refractivity contribution in [3.8, 4) is 0 Å². The van der Waals surface area contributed by atoms with Gasteiger partial charge in [0.15, 0.2) is 0 Å². The Morgan fingerprint density at radius 3 is 2.12 bits per heavy atom. The zero-order valence-corrected chi connectivity index (χ0v) is 15.5. The zero-order valence-electron chi connectivity index (χ0n) is 15.5. The fraction of sp³-hybridized carbons (Fsp3) is 0.333. The highest BCUT2D eigenvalue weighted by molar-refractivity contribution is 5.91. The quantitative estimate of drug-likeness (QED) is 0.535. The summed E-state index contributed by atoms with van der Waals surface area (Å²) in [6, 6.07) is 24.0. The molecular formula is C24H26O. The van der Waals surface area contributed by atoms with Crippen LogP contribution in [-0.2, 0) is 10.3 Å². The summed E-state index contributed by atoms with van der Waals surface area (Å²) < 4.78 is 7.00. The molecule has 128 valence electrons. The Kier molecular flexibility index (Phi) is 3.92. The van der Waals surface area contributed by atoms with E-state index in [1.807, 2.05) is 0 Å². The number of hydrogen-bond acceptors (Lipinski definition) is 1. The van der Waals surface area contributed by atoms with E-state index in [9.17, 15) is 0 Å². The molecule has 0 saturated carbocycles. The molecule has 1 heterocycles. The average Bonchev–Trinajstić information content (AvgIpc) is 2.63. The standard InChI is InChI=1S/C24H26O/c1-16(2)23-20-14-8-10-18-11-9-15-21(22(18)20)24(25-23,17(3)4)19-12-6-5-7-13-19/h5-17,23H,1-4H3/t23-,24+/m1/s1. The molecule has 0 spiro atoms. The summed E-state index contributed by atoms with van der Waals surface area (Å²) in [5.41, 5.74) is 3.47. The molecule has 1 heteroatoms. The summed E-state index contributed by atoms with van der Waals surface area (Å²) in [4.78, 5) is 0. The Labute approximate surface area is 150 Å². The molecule has 25 heavy (non-hydrogen) atoms. The van der Waals surface area contributed by atoms with Crippen molar-refractivity contribution in [2.75, 3.05) is 0 Å². The minimum absolute atomic E-state index is 0.0983. The molecule has 4 rings (SSSR count). The summed E-state index contributed by atoms with van der Waals surface area (Å²) >= 11 is 0. The fourth-order valence-electron chi connectivity index (χ4n) is 4.43. The molecule has 0 unspecified atom stereocenters. The van der Waals surface area contributed by atoms with Gasteiger partial charge in [0, 0.05) is 0 Å². The minimum Gasteiger partial charge on any atom is -0.357 e. The first-order valence-electron chi connectivity index (χ1n) is 9.31. The second kappa shape index (κ2) is 6.00. The van der Waals surface area contributed by atoms with Gasteiger partial charge in [0.1, 0.15) is 5.60 Å². The van der Waals surface area contributed by atoms with Gasteiger partial charge in [-0.3, -0.25) is 0 Å². The summed E-state index contributed by atoms with van der Waals surface area (Å²) in [6.07, 6.45) is 0.0983. The molecule has 0 radical (unpaired) electrons. The Balaban J connectivity index is 2.12. The van der Waals surface area contributed by atoms with Crippen LogP contribution in [0.25, 0.3) is 10.8 Å². The van der Waals surface area contributed by atoms with Crippen molar-refractivity contribution in [1.82, 2.24) is 0 Å². The lowest BCUT2D eigenvalue weighted by Gasteiger charge is -2.47. The van der Waals surface area contributed by atoms with E-state index in [-0.39, 0.29) is 6.10 Å². The lowest BCUT2D eigenvalue weighted by atomic mass is 9.72. The first kappa shape index (κ1) is 16.4. The van der Waals surface area contributed by atoms with Gasteiger partial charge >= 0.3 is 0 Å². The van der Waals surface area contributed by atoms with E-state index in [1.54, 1.807) is 0 Å². The average molecular weight is 330 g/mol. The molecule has 3 aromatic carbocycles. The van der Waals surface area contributed by atoms with E-state index >= 15 is 0 Å². The molecule has 0 saturated heterocycles. The fourth-order valence-corrected chi connectivity index (χ4v) is 4.43. The number of benzene rings is 3. The van der Waals surface area contributed by atoms with Crippen LogP contribution in [0.15, 0.2) is 66.7 Å². The first-order chi connectivity index (χ1) is 12.1. The molecule has 3 aromatic rings. The molecule has 1 nitrogen and oxygen atoms in total. The predicted molar refractivity (Wildman–Crippen MR) is 105 cm³/mol. The van der Waals surface area contributed by atoms with Gasteiger partial charge in [-0.2, -0.15) is 0 Å². The third kappa shape index (κ3) is 2.33. The van der Waals surface area contributed by atoms with Gasteiger partial charge in [-0.25, -0.2) is 0 Å². The summed E-state index contributed by atoms with van der Waals surface area (Å²) in [7, 11) is 0. The van der Waals surface area contributed by atoms with Crippen molar-refractivity contribution in [2.45, 2.75) is 39.4 Å². The molecule has 0 fully saturated rings. The van der Waals surface area contributed by atoms with E-state index in [0.29, 0.717) is 11.8 Å². The predicted octanol–water partition coefficient (Wildman–Crippen LogP) is 6.47. The van der Waals surface area contributed by atoms with Crippen LogP contribution in [0.4, 0.5) is 0 Å². The molecule has 1 aliphatic heterocycles. The molecule has 0 aromatic heterocycles. The summed E-state index contributed by atoms with van der Waals surface area (Å²) in [5, 5.41) is 2.69. The highest BCUT2D eigenvalue weighted by Gasteiger charge is 2.46. The van der Waals surface area contributed by atoms with Crippen molar-refractivity contribution in [3.63, 3.8) is 0 Å². The maximum atomic E-state index is 7.00. The van der Waals surface area contributed by atoms with Crippen LogP contribution >= 0.6 is 0 Å². The highest BCUT2D eigenvalue weighted by atomic mass is 16.5. The van der Waals surface area contributed by atoms with Gasteiger partial charge in [-0.1, -0.05) is 94.4 Å². The van der Waals surface area contributed by atoms with Gasteiger partial charge in [0.25, 0.3) is 0 Å². The highest BCUT2D eigenvalue weighted by Crippen LogP contribution is 2.52. The molecule has 0 amide bonds. The van der Waals surface area contributed by atoms with Crippen LogP contribution in [0.5, 0.6) is 0 Å². The Bertz CT molecular complexity index is 889. The lowest BCUT2D eigenvalue weighted by Crippen LogP contribution is -2.42. The molecular weight excluding hydrogens is 304 g/mol. The van der Waals surface area contributed by atoms with Gasteiger partial charge < -0.3 is 4.74 Å². The number of ether oxygens (including phenoxy) is 1. The van der Waals surface area contributed by atoms with Crippen LogP contribution in [0.2, 0.25) is 0 Å². The maximum absolute atomic E-state index is 7.00. The van der Waals surface area contributed by atoms with Crippen LogP contribution in [0.1, 0.15) is 50.5 Å². The van der Waals surface area contributed by atoms with E-state index in [2.05, 4.69) is 94.4 Å². The van der Waals surface area contributed by atoms with Crippen LogP contribution in [0.3, 0.4) is 0 Å².